The third-order valence-electron chi connectivity index (χ3n) is 10.3. The summed E-state index contributed by atoms with van der Waals surface area (Å²) in [6, 6.07) is -0.569. The molecule has 1 saturated heterocycles. The number of aliphatic hydroxyl groups is 5. The maximum Gasteiger partial charge on any atom is 0.136 e. The predicted octanol–water partition coefficient (Wildman–Crippen LogP) is -0.888. The number of likely N-dealkylation sites (tertiary alicyclic amines) is 1. The van der Waals surface area contributed by atoms with Crippen LogP contribution in [0.2, 0.25) is 0 Å². The molecule has 7 nitrogen and oxygen atoms in total. The van der Waals surface area contributed by atoms with E-state index in [9.17, 15) is 25.5 Å². The molecule has 1 aliphatic heterocycles. The van der Waals surface area contributed by atoms with E-state index in [2.05, 4.69) is 11.8 Å². The number of hydrogen-bond acceptors (Lipinski definition) is 7. The molecule has 0 radical (unpaired) electrons. The zero-order chi connectivity index (χ0) is 20.7. The molecule has 4 saturated carbocycles. The van der Waals surface area contributed by atoms with Crippen molar-refractivity contribution in [2.45, 2.75) is 68.3 Å². The zero-order valence-corrected chi connectivity index (χ0v) is 17.3. The monoisotopic (exact) mass is 407 g/mol. The van der Waals surface area contributed by atoms with Gasteiger partial charge < -0.3 is 30.3 Å². The molecule has 13 atom stereocenters. The van der Waals surface area contributed by atoms with Crippen molar-refractivity contribution in [3.05, 3.63) is 12.2 Å². The Morgan fingerprint density at radius 3 is 2.59 bits per heavy atom. The lowest BCUT2D eigenvalue weighted by molar-refractivity contribution is -0.308. The van der Waals surface area contributed by atoms with Crippen molar-refractivity contribution in [2.75, 3.05) is 20.2 Å². The molecule has 6 rings (SSSR count). The SMILES string of the molecule is CCN1C[C@]2(C)C=C[C@H](O)[C@@]34[C@@H]5C[C@H]6[C@@H](O)[C@@H]5[C@](O)(C[C@@H]6OC)[C@@](O)([C@@H](O)[C@@H]32)[C@@H]14. The summed E-state index contributed by atoms with van der Waals surface area (Å²) >= 11 is 0. The van der Waals surface area contributed by atoms with Crippen molar-refractivity contribution in [1.29, 1.82) is 0 Å². The Bertz CT molecular complexity index is 791. The first-order valence-corrected chi connectivity index (χ1v) is 11.1. The number of aliphatic hydroxyl groups excluding tert-OH is 3. The second-order valence-corrected chi connectivity index (χ2v) is 10.9. The Morgan fingerprint density at radius 2 is 1.93 bits per heavy atom. The van der Waals surface area contributed by atoms with Gasteiger partial charge in [0.25, 0.3) is 0 Å². The molecule has 29 heavy (non-hydrogen) atoms. The van der Waals surface area contributed by atoms with Crippen LogP contribution in [0.15, 0.2) is 12.2 Å². The molecule has 5 N–H and O–H groups in total. The van der Waals surface area contributed by atoms with Crippen molar-refractivity contribution in [3.63, 3.8) is 0 Å². The first kappa shape index (κ1) is 19.2. The largest absolute Gasteiger partial charge is 0.392 e. The van der Waals surface area contributed by atoms with Crippen molar-refractivity contribution < 1.29 is 30.3 Å². The van der Waals surface area contributed by atoms with Gasteiger partial charge in [-0.25, -0.2) is 0 Å². The minimum atomic E-state index is -1.84. The molecular weight excluding hydrogens is 374 g/mol. The molecule has 0 amide bonds. The van der Waals surface area contributed by atoms with E-state index in [1.807, 2.05) is 19.1 Å². The third-order valence-corrected chi connectivity index (χ3v) is 10.3. The van der Waals surface area contributed by atoms with E-state index in [-0.39, 0.29) is 30.3 Å². The van der Waals surface area contributed by atoms with Gasteiger partial charge in [-0.05, 0) is 18.9 Å². The lowest BCUT2D eigenvalue weighted by Crippen LogP contribution is -2.81. The van der Waals surface area contributed by atoms with Gasteiger partial charge in [0.05, 0.1) is 30.5 Å². The van der Waals surface area contributed by atoms with E-state index < -0.39 is 52.3 Å². The summed E-state index contributed by atoms with van der Waals surface area (Å²) in [5, 5.41) is 58.9. The second kappa shape index (κ2) is 5.26. The lowest BCUT2D eigenvalue weighted by Gasteiger charge is -2.68. The van der Waals surface area contributed by atoms with Crippen LogP contribution in [0.5, 0.6) is 0 Å². The van der Waals surface area contributed by atoms with Crippen LogP contribution >= 0.6 is 0 Å². The normalized spacial score (nSPS) is 67.1. The summed E-state index contributed by atoms with van der Waals surface area (Å²) in [5.74, 6) is -1.29. The first-order valence-electron chi connectivity index (χ1n) is 11.1. The van der Waals surface area contributed by atoms with E-state index in [0.717, 1.165) is 0 Å². The number of likely N-dealkylation sites (N-methyl/N-ethyl adjacent to an activating group) is 1. The fourth-order valence-electron chi connectivity index (χ4n) is 9.68. The number of rotatable bonds is 2. The first-order chi connectivity index (χ1) is 13.6. The van der Waals surface area contributed by atoms with E-state index in [0.29, 0.717) is 19.5 Å². The van der Waals surface area contributed by atoms with Crippen molar-refractivity contribution in [3.8, 4) is 0 Å². The van der Waals surface area contributed by atoms with Crippen LogP contribution in [0.4, 0.5) is 0 Å². The Kier molecular flexibility index (Phi) is 3.48. The summed E-state index contributed by atoms with van der Waals surface area (Å²) in [6.45, 7) is 5.43. The molecule has 5 aliphatic carbocycles. The molecule has 7 heteroatoms. The minimum absolute atomic E-state index is 0.134. The van der Waals surface area contributed by atoms with Crippen LogP contribution in [0, 0.1) is 34.5 Å². The van der Waals surface area contributed by atoms with Crippen LogP contribution in [-0.2, 0) is 4.74 Å². The van der Waals surface area contributed by atoms with Gasteiger partial charge in [0.2, 0.25) is 0 Å². The molecule has 1 spiro atoms. The van der Waals surface area contributed by atoms with Crippen LogP contribution in [-0.4, -0.2) is 92.3 Å². The number of ether oxygens (including phenoxy) is 1. The number of nitrogens with zero attached hydrogens (tertiary/aromatic N) is 1. The summed E-state index contributed by atoms with van der Waals surface area (Å²) in [6.07, 6.45) is 1.41. The van der Waals surface area contributed by atoms with Crippen LogP contribution < -0.4 is 0 Å². The maximum atomic E-state index is 12.3. The quantitative estimate of drug-likeness (QED) is 0.378. The van der Waals surface area contributed by atoms with Crippen LogP contribution in [0.25, 0.3) is 0 Å². The topological polar surface area (TPSA) is 114 Å². The van der Waals surface area contributed by atoms with Gasteiger partial charge in [-0.1, -0.05) is 26.0 Å². The Balaban J connectivity index is 1.68. The Morgan fingerprint density at radius 1 is 1.21 bits per heavy atom. The van der Waals surface area contributed by atoms with Gasteiger partial charge in [0, 0.05) is 48.7 Å². The summed E-state index contributed by atoms with van der Waals surface area (Å²) in [5.41, 5.74) is -4.74. The van der Waals surface area contributed by atoms with Crippen molar-refractivity contribution in [1.82, 2.24) is 4.90 Å². The standard InChI is InChI=1S/C22H33NO6/c1-4-23-9-19(2)6-5-13(24)21-11-7-10-12(29-3)8-20(27,14(11)15(10)25)22(28,18(21)23)17(26)16(19)21/h5-6,10-18,24-28H,4,7-9H2,1-3H3/t10-,11-,12+,13+,14-,15-,16-,17+,18+,19+,20-,21+,22-/m1/s1. The highest BCUT2D eigenvalue weighted by molar-refractivity contribution is 5.43. The van der Waals surface area contributed by atoms with Gasteiger partial charge >= 0.3 is 0 Å². The number of methoxy groups -OCH3 is 1. The van der Waals surface area contributed by atoms with Gasteiger partial charge in [0.15, 0.2) is 0 Å². The Labute approximate surface area is 171 Å². The highest BCUT2D eigenvalue weighted by Crippen LogP contribution is 2.78. The minimum Gasteiger partial charge on any atom is -0.392 e. The molecule has 7 bridgehead atoms. The summed E-state index contributed by atoms with van der Waals surface area (Å²) in [7, 11) is 1.58. The zero-order valence-electron chi connectivity index (χ0n) is 17.3. The summed E-state index contributed by atoms with van der Waals surface area (Å²) in [4.78, 5) is 2.16. The molecule has 6 aliphatic rings. The van der Waals surface area contributed by atoms with E-state index >= 15 is 0 Å². The maximum absolute atomic E-state index is 12.3. The molecule has 5 fully saturated rings. The average molecular weight is 408 g/mol. The average Bonchev–Trinajstić information content (AvgIpc) is 3.04. The molecule has 162 valence electrons. The molecule has 1 heterocycles. The van der Waals surface area contributed by atoms with Crippen LogP contribution in [0.3, 0.4) is 0 Å². The number of fused-ring (bicyclic) bond motifs is 2. The van der Waals surface area contributed by atoms with Crippen molar-refractivity contribution in [2.24, 2.45) is 34.5 Å². The third kappa shape index (κ3) is 1.63. The van der Waals surface area contributed by atoms with Crippen LogP contribution in [0.1, 0.15) is 26.7 Å². The van der Waals surface area contributed by atoms with E-state index in [4.69, 9.17) is 4.74 Å². The highest BCUT2D eigenvalue weighted by Gasteiger charge is 2.90. The van der Waals surface area contributed by atoms with Gasteiger partial charge in [-0.2, -0.15) is 0 Å². The molecular formula is C22H33NO6. The fraction of sp³-hybridized carbons (Fsp3) is 0.909. The molecule has 0 aromatic rings. The van der Waals surface area contributed by atoms with E-state index in [1.165, 1.54) is 0 Å². The molecule has 0 aromatic heterocycles. The van der Waals surface area contributed by atoms with Gasteiger partial charge in [-0.3, -0.25) is 4.90 Å². The molecule has 0 unspecified atom stereocenters. The number of piperidine rings is 1. The predicted molar refractivity (Wildman–Crippen MR) is 103 cm³/mol. The van der Waals surface area contributed by atoms with Gasteiger partial charge in [0.1, 0.15) is 11.2 Å². The number of hydrogen-bond donors (Lipinski definition) is 5. The molecule has 0 aromatic carbocycles. The lowest BCUT2D eigenvalue weighted by atomic mass is 9.44. The fourth-order valence-corrected chi connectivity index (χ4v) is 9.68. The second-order valence-electron chi connectivity index (χ2n) is 10.9. The Hall–Kier alpha value is -0.540. The smallest absolute Gasteiger partial charge is 0.136 e. The highest BCUT2D eigenvalue weighted by atomic mass is 16.5. The van der Waals surface area contributed by atoms with Crippen molar-refractivity contribution >= 4 is 0 Å². The summed E-state index contributed by atoms with van der Waals surface area (Å²) < 4.78 is 5.66. The van der Waals surface area contributed by atoms with E-state index in [1.54, 1.807) is 7.11 Å². The van der Waals surface area contributed by atoms with Gasteiger partial charge in [-0.15, -0.1) is 0 Å².